The molecule has 0 aliphatic carbocycles. The molecule has 0 unspecified atom stereocenters. The number of nitrogens with one attached hydrogen (secondary N) is 1. The van der Waals surface area contributed by atoms with Crippen molar-refractivity contribution in [1.29, 1.82) is 0 Å². The number of carbonyl (C=O) groups is 1. The maximum absolute atomic E-state index is 12.4. The first kappa shape index (κ1) is 20.0. The summed E-state index contributed by atoms with van der Waals surface area (Å²) in [4.78, 5) is 16.9. The molecule has 0 saturated carbocycles. The first-order chi connectivity index (χ1) is 14.7. The number of para-hydroxylation sites is 1. The first-order valence-corrected chi connectivity index (χ1v) is 10.7. The number of aryl methyl sites for hydroxylation is 1. The molecule has 0 aliphatic heterocycles. The lowest BCUT2D eigenvalue weighted by Crippen LogP contribution is -2.14. The van der Waals surface area contributed by atoms with E-state index in [-0.39, 0.29) is 11.7 Å². The number of methoxy groups -OCH3 is 1. The number of amides is 1. The quantitative estimate of drug-likeness (QED) is 0.441. The lowest BCUT2D eigenvalue weighted by Gasteiger charge is -2.07. The van der Waals surface area contributed by atoms with Gasteiger partial charge in [-0.2, -0.15) is 5.10 Å². The number of fused-ring (bicyclic) bond motifs is 1. The molecule has 6 nitrogen and oxygen atoms in total. The van der Waals surface area contributed by atoms with Crippen molar-refractivity contribution >= 4 is 28.9 Å². The van der Waals surface area contributed by atoms with E-state index >= 15 is 0 Å². The van der Waals surface area contributed by atoms with Gasteiger partial charge in [0, 0.05) is 23.6 Å². The van der Waals surface area contributed by atoms with Crippen LogP contribution in [0.3, 0.4) is 0 Å². The number of aromatic nitrogens is 3. The average Bonchev–Trinajstić information content (AvgIpc) is 3.22. The van der Waals surface area contributed by atoms with Crippen molar-refractivity contribution in [2.24, 2.45) is 0 Å². The van der Waals surface area contributed by atoms with Crippen molar-refractivity contribution in [1.82, 2.24) is 14.6 Å². The predicted molar refractivity (Wildman–Crippen MR) is 120 cm³/mol. The topological polar surface area (TPSA) is 68.5 Å². The predicted octanol–water partition coefficient (Wildman–Crippen LogP) is 4.70. The Balaban J connectivity index is 1.52. The van der Waals surface area contributed by atoms with Crippen LogP contribution in [0.2, 0.25) is 0 Å². The Hall–Kier alpha value is -3.32. The van der Waals surface area contributed by atoms with Gasteiger partial charge in [0.2, 0.25) is 5.91 Å². The lowest BCUT2D eigenvalue weighted by molar-refractivity contribution is -0.113. The summed E-state index contributed by atoms with van der Waals surface area (Å²) in [5.74, 6) is 0.955. The van der Waals surface area contributed by atoms with E-state index in [0.717, 1.165) is 39.7 Å². The fraction of sp³-hybridized carbons (Fsp3) is 0.174. The number of benzene rings is 2. The van der Waals surface area contributed by atoms with Crippen LogP contribution in [-0.2, 0) is 11.2 Å². The van der Waals surface area contributed by atoms with E-state index in [2.05, 4.69) is 22.3 Å². The van der Waals surface area contributed by atoms with E-state index in [4.69, 9.17) is 4.74 Å². The molecule has 0 fully saturated rings. The van der Waals surface area contributed by atoms with Crippen molar-refractivity contribution in [2.75, 3.05) is 18.2 Å². The Morgan fingerprint density at radius 3 is 2.87 bits per heavy atom. The van der Waals surface area contributed by atoms with E-state index in [1.807, 2.05) is 54.6 Å². The molecule has 0 bridgehead atoms. The summed E-state index contributed by atoms with van der Waals surface area (Å²) in [7, 11) is 1.65. The van der Waals surface area contributed by atoms with Crippen LogP contribution in [0.5, 0.6) is 5.75 Å². The third-order valence-corrected chi connectivity index (χ3v) is 5.69. The summed E-state index contributed by atoms with van der Waals surface area (Å²) in [5, 5.41) is 8.36. The van der Waals surface area contributed by atoms with Crippen LogP contribution in [0, 0.1) is 0 Å². The van der Waals surface area contributed by atoms with Crippen molar-refractivity contribution in [2.45, 2.75) is 18.4 Å². The fourth-order valence-electron chi connectivity index (χ4n) is 3.20. The number of ether oxygens (including phenoxy) is 1. The summed E-state index contributed by atoms with van der Waals surface area (Å²) >= 11 is 1.39. The van der Waals surface area contributed by atoms with Crippen molar-refractivity contribution in [3.05, 3.63) is 72.6 Å². The van der Waals surface area contributed by atoms with E-state index < -0.39 is 0 Å². The Morgan fingerprint density at radius 2 is 2.03 bits per heavy atom. The Labute approximate surface area is 179 Å². The molecule has 30 heavy (non-hydrogen) atoms. The third-order valence-electron chi connectivity index (χ3n) is 4.70. The molecule has 0 saturated heterocycles. The molecule has 2 aromatic heterocycles. The van der Waals surface area contributed by atoms with Gasteiger partial charge in [-0.1, -0.05) is 43.0 Å². The second kappa shape index (κ2) is 9.00. The van der Waals surface area contributed by atoms with Crippen LogP contribution in [-0.4, -0.2) is 33.4 Å². The summed E-state index contributed by atoms with van der Waals surface area (Å²) in [6.45, 7) is 2.09. The summed E-state index contributed by atoms with van der Waals surface area (Å²) in [6, 6.07) is 17.6. The molecule has 152 valence electrons. The van der Waals surface area contributed by atoms with Gasteiger partial charge < -0.3 is 10.1 Å². The second-order valence-electron chi connectivity index (χ2n) is 6.68. The van der Waals surface area contributed by atoms with Gasteiger partial charge in [-0.25, -0.2) is 9.50 Å². The molecule has 0 spiro atoms. The number of rotatable bonds is 7. The van der Waals surface area contributed by atoms with E-state index in [0.29, 0.717) is 0 Å². The van der Waals surface area contributed by atoms with Gasteiger partial charge in [0.05, 0.1) is 24.1 Å². The number of carbonyl (C=O) groups excluding carboxylic acids is 1. The minimum atomic E-state index is -0.0680. The summed E-state index contributed by atoms with van der Waals surface area (Å²) < 4.78 is 7.23. The van der Waals surface area contributed by atoms with Gasteiger partial charge >= 0.3 is 0 Å². The fourth-order valence-corrected chi connectivity index (χ4v) is 3.97. The maximum Gasteiger partial charge on any atom is 0.234 e. The first-order valence-electron chi connectivity index (χ1n) is 9.67. The van der Waals surface area contributed by atoms with Crippen LogP contribution >= 0.6 is 11.8 Å². The highest BCUT2D eigenvalue weighted by Crippen LogP contribution is 2.31. The zero-order chi connectivity index (χ0) is 20.9. The normalized spacial score (nSPS) is 10.9. The van der Waals surface area contributed by atoms with Gasteiger partial charge in [-0.3, -0.25) is 4.79 Å². The van der Waals surface area contributed by atoms with Crippen molar-refractivity contribution in [3.63, 3.8) is 0 Å². The van der Waals surface area contributed by atoms with Crippen LogP contribution in [0.1, 0.15) is 12.5 Å². The molecule has 2 aromatic carbocycles. The smallest absolute Gasteiger partial charge is 0.234 e. The summed E-state index contributed by atoms with van der Waals surface area (Å²) in [5.41, 5.74) is 4.56. The second-order valence-corrected chi connectivity index (χ2v) is 7.65. The molecule has 0 aliphatic rings. The van der Waals surface area contributed by atoms with Gasteiger partial charge in [0.25, 0.3) is 0 Å². The molecular weight excluding hydrogens is 396 g/mol. The van der Waals surface area contributed by atoms with Gasteiger partial charge in [0.15, 0.2) is 0 Å². The standard InChI is InChI=1S/C23H22N4O2S/c1-3-16-7-6-8-17(13-16)25-22(28)15-30-23-20-14-19(26-27(20)12-11-24-23)18-9-4-5-10-21(18)29-2/h4-14H,3,15H2,1-2H3,(H,25,28). The number of thioether (sulfide) groups is 1. The van der Waals surface area contributed by atoms with E-state index in [9.17, 15) is 4.79 Å². The highest BCUT2D eigenvalue weighted by molar-refractivity contribution is 8.00. The molecule has 4 rings (SSSR count). The number of hydrogen-bond acceptors (Lipinski definition) is 5. The maximum atomic E-state index is 12.4. The average molecular weight is 419 g/mol. The van der Waals surface area contributed by atoms with Crippen LogP contribution < -0.4 is 10.1 Å². The molecule has 0 radical (unpaired) electrons. The monoisotopic (exact) mass is 418 g/mol. The molecule has 4 aromatic rings. The molecule has 1 amide bonds. The Kier molecular flexibility index (Phi) is 5.99. The van der Waals surface area contributed by atoms with Gasteiger partial charge in [0.1, 0.15) is 10.8 Å². The Bertz CT molecular complexity index is 1190. The number of nitrogens with zero attached hydrogens (tertiary/aromatic N) is 3. The molecule has 2 heterocycles. The van der Waals surface area contributed by atoms with Crippen LogP contribution in [0.15, 0.2) is 72.0 Å². The number of hydrogen-bond donors (Lipinski definition) is 1. The highest BCUT2D eigenvalue weighted by atomic mass is 32.2. The zero-order valence-corrected chi connectivity index (χ0v) is 17.6. The highest BCUT2D eigenvalue weighted by Gasteiger charge is 2.14. The Morgan fingerprint density at radius 1 is 1.17 bits per heavy atom. The van der Waals surface area contributed by atoms with Gasteiger partial charge in [-0.05, 0) is 42.3 Å². The molecule has 1 N–H and O–H groups in total. The lowest BCUT2D eigenvalue weighted by atomic mass is 10.1. The SMILES string of the molecule is CCc1cccc(NC(=O)CSc2nccn3nc(-c4ccccc4OC)cc23)c1. The molecular formula is C23H22N4O2S. The third kappa shape index (κ3) is 4.31. The van der Waals surface area contributed by atoms with Crippen LogP contribution in [0.25, 0.3) is 16.8 Å². The van der Waals surface area contributed by atoms with Crippen molar-refractivity contribution in [3.8, 4) is 17.0 Å². The minimum absolute atomic E-state index is 0.0680. The molecule has 7 heteroatoms. The van der Waals surface area contributed by atoms with Crippen molar-refractivity contribution < 1.29 is 9.53 Å². The summed E-state index contributed by atoms with van der Waals surface area (Å²) in [6.07, 6.45) is 4.42. The zero-order valence-electron chi connectivity index (χ0n) is 16.8. The van der Waals surface area contributed by atoms with E-state index in [1.54, 1.807) is 24.0 Å². The van der Waals surface area contributed by atoms with Gasteiger partial charge in [-0.15, -0.1) is 0 Å². The largest absolute Gasteiger partial charge is 0.496 e. The van der Waals surface area contributed by atoms with E-state index in [1.165, 1.54) is 17.3 Å². The minimum Gasteiger partial charge on any atom is -0.496 e. The van der Waals surface area contributed by atoms with Crippen LogP contribution in [0.4, 0.5) is 5.69 Å². The molecule has 0 atom stereocenters. The number of anilines is 1.